The van der Waals surface area contributed by atoms with Crippen molar-refractivity contribution in [2.24, 2.45) is 5.10 Å². The standard InChI is InChI=1S/C20H13BrClN3O3/c21-15-7-8-18(28-20(27)16-5-1-2-6-17(16)22)14(10-15)12-24-25-19(26)13-4-3-9-23-11-13/h1-12H,(H,25,26)/b24-12-. The summed E-state index contributed by atoms with van der Waals surface area (Å²) in [5.41, 5.74) is 3.51. The molecular formula is C20H13BrClN3O3. The molecule has 28 heavy (non-hydrogen) atoms. The predicted molar refractivity (Wildman–Crippen MR) is 110 cm³/mol. The number of pyridine rings is 1. The van der Waals surface area contributed by atoms with Crippen LogP contribution in [0, 0.1) is 0 Å². The van der Waals surface area contributed by atoms with Crippen molar-refractivity contribution in [3.8, 4) is 5.75 Å². The number of hydrazone groups is 1. The Hall–Kier alpha value is -3.03. The van der Waals surface area contributed by atoms with E-state index in [2.05, 4.69) is 31.4 Å². The van der Waals surface area contributed by atoms with Gasteiger partial charge in [0, 0.05) is 22.4 Å². The van der Waals surface area contributed by atoms with Gasteiger partial charge in [0.1, 0.15) is 5.75 Å². The van der Waals surface area contributed by atoms with E-state index in [0.717, 1.165) is 4.47 Å². The average Bonchev–Trinajstić information content (AvgIpc) is 2.70. The maximum Gasteiger partial charge on any atom is 0.345 e. The zero-order chi connectivity index (χ0) is 19.9. The van der Waals surface area contributed by atoms with Gasteiger partial charge in [-0.1, -0.05) is 39.7 Å². The fourth-order valence-electron chi connectivity index (χ4n) is 2.22. The van der Waals surface area contributed by atoms with Crippen molar-refractivity contribution in [2.75, 3.05) is 0 Å². The lowest BCUT2D eigenvalue weighted by molar-refractivity contribution is 0.0734. The summed E-state index contributed by atoms with van der Waals surface area (Å²) in [5, 5.41) is 4.22. The molecule has 6 nitrogen and oxygen atoms in total. The summed E-state index contributed by atoms with van der Waals surface area (Å²) in [4.78, 5) is 28.3. The van der Waals surface area contributed by atoms with Gasteiger partial charge in [-0.15, -0.1) is 0 Å². The Morgan fingerprint density at radius 3 is 2.71 bits per heavy atom. The highest BCUT2D eigenvalue weighted by Gasteiger charge is 2.14. The van der Waals surface area contributed by atoms with E-state index >= 15 is 0 Å². The molecule has 8 heteroatoms. The molecule has 0 spiro atoms. The number of carbonyl (C=O) groups is 2. The van der Waals surface area contributed by atoms with E-state index < -0.39 is 11.9 Å². The lowest BCUT2D eigenvalue weighted by Crippen LogP contribution is -2.17. The molecule has 1 heterocycles. The quantitative estimate of drug-likeness (QED) is 0.264. The highest BCUT2D eigenvalue weighted by Crippen LogP contribution is 2.24. The second-order valence-corrected chi connectivity index (χ2v) is 6.82. The summed E-state index contributed by atoms with van der Waals surface area (Å²) in [6.45, 7) is 0. The number of hydrogen-bond acceptors (Lipinski definition) is 5. The Morgan fingerprint density at radius 1 is 1.14 bits per heavy atom. The SMILES string of the molecule is O=C(N/N=C\c1cc(Br)ccc1OC(=O)c1ccccc1Cl)c1cccnc1. The maximum atomic E-state index is 12.4. The first kappa shape index (κ1) is 19.7. The molecule has 1 N–H and O–H groups in total. The molecule has 0 bridgehead atoms. The van der Waals surface area contributed by atoms with E-state index in [0.29, 0.717) is 16.1 Å². The molecule has 0 saturated heterocycles. The lowest BCUT2D eigenvalue weighted by Gasteiger charge is -2.09. The number of benzene rings is 2. The predicted octanol–water partition coefficient (Wildman–Crippen LogP) is 4.48. The molecule has 3 aromatic rings. The van der Waals surface area contributed by atoms with Crippen LogP contribution in [0.3, 0.4) is 0 Å². The number of rotatable bonds is 5. The van der Waals surface area contributed by atoms with E-state index in [1.54, 1.807) is 60.8 Å². The summed E-state index contributed by atoms with van der Waals surface area (Å²) in [7, 11) is 0. The van der Waals surface area contributed by atoms with Crippen LogP contribution in [0.15, 0.2) is 76.6 Å². The van der Waals surface area contributed by atoms with Crippen LogP contribution in [0.2, 0.25) is 5.02 Å². The third-order valence-electron chi connectivity index (χ3n) is 3.56. The van der Waals surface area contributed by atoms with Gasteiger partial charge in [-0.2, -0.15) is 5.10 Å². The number of hydrogen-bond donors (Lipinski definition) is 1. The van der Waals surface area contributed by atoms with Crippen molar-refractivity contribution in [3.63, 3.8) is 0 Å². The van der Waals surface area contributed by atoms with Gasteiger partial charge < -0.3 is 4.74 Å². The minimum Gasteiger partial charge on any atom is -0.422 e. The summed E-state index contributed by atoms with van der Waals surface area (Å²) in [5.74, 6) is -0.733. The Labute approximate surface area is 174 Å². The first-order valence-corrected chi connectivity index (χ1v) is 9.21. The molecule has 0 saturated carbocycles. The third kappa shape index (κ3) is 5.03. The molecule has 140 valence electrons. The molecule has 0 atom stereocenters. The van der Waals surface area contributed by atoms with Gasteiger partial charge in [0.25, 0.3) is 5.91 Å². The smallest absolute Gasteiger partial charge is 0.345 e. The molecule has 0 aliphatic heterocycles. The molecule has 0 aliphatic rings. The Balaban J connectivity index is 1.76. The second-order valence-electron chi connectivity index (χ2n) is 5.49. The first-order valence-electron chi connectivity index (χ1n) is 8.04. The average molecular weight is 459 g/mol. The zero-order valence-corrected chi connectivity index (χ0v) is 16.6. The van der Waals surface area contributed by atoms with Crippen LogP contribution in [0.1, 0.15) is 26.3 Å². The summed E-state index contributed by atoms with van der Waals surface area (Å²) < 4.78 is 6.21. The Bertz CT molecular complexity index is 1040. The van der Waals surface area contributed by atoms with E-state index in [-0.39, 0.29) is 11.3 Å². The molecule has 0 fully saturated rings. The van der Waals surface area contributed by atoms with Crippen LogP contribution in [-0.2, 0) is 0 Å². The molecule has 0 unspecified atom stereocenters. The molecule has 1 aromatic heterocycles. The summed E-state index contributed by atoms with van der Waals surface area (Å²) in [6.07, 6.45) is 4.39. The molecule has 0 aliphatic carbocycles. The number of amides is 1. The second kappa shape index (κ2) is 9.25. The minimum absolute atomic E-state index is 0.250. The van der Waals surface area contributed by atoms with Gasteiger partial charge in [0.05, 0.1) is 22.4 Å². The largest absolute Gasteiger partial charge is 0.422 e. The maximum absolute atomic E-state index is 12.4. The topological polar surface area (TPSA) is 80.6 Å². The summed E-state index contributed by atoms with van der Waals surface area (Å²) in [6, 6.07) is 14.9. The molecule has 0 radical (unpaired) electrons. The number of esters is 1. The monoisotopic (exact) mass is 457 g/mol. The zero-order valence-electron chi connectivity index (χ0n) is 14.3. The van der Waals surface area contributed by atoms with Crippen molar-refractivity contribution < 1.29 is 14.3 Å². The fraction of sp³-hybridized carbons (Fsp3) is 0. The van der Waals surface area contributed by atoms with E-state index in [1.807, 2.05) is 0 Å². The van der Waals surface area contributed by atoms with E-state index in [1.165, 1.54) is 12.4 Å². The van der Waals surface area contributed by atoms with Crippen molar-refractivity contribution in [1.29, 1.82) is 0 Å². The first-order chi connectivity index (χ1) is 13.5. The number of nitrogens with zero attached hydrogens (tertiary/aromatic N) is 2. The number of halogens is 2. The fourth-order valence-corrected chi connectivity index (χ4v) is 2.81. The van der Waals surface area contributed by atoms with Crippen LogP contribution < -0.4 is 10.2 Å². The van der Waals surface area contributed by atoms with E-state index in [9.17, 15) is 9.59 Å². The number of carbonyl (C=O) groups excluding carboxylic acids is 2. The molecule has 1 amide bonds. The van der Waals surface area contributed by atoms with Crippen molar-refractivity contribution >= 4 is 45.6 Å². The van der Waals surface area contributed by atoms with Gasteiger partial charge in [-0.3, -0.25) is 9.78 Å². The van der Waals surface area contributed by atoms with Crippen molar-refractivity contribution in [1.82, 2.24) is 10.4 Å². The molecule has 2 aromatic carbocycles. The molecule has 3 rings (SSSR count). The van der Waals surface area contributed by atoms with Gasteiger partial charge in [0.15, 0.2) is 0 Å². The van der Waals surface area contributed by atoms with Gasteiger partial charge >= 0.3 is 5.97 Å². The van der Waals surface area contributed by atoms with Crippen LogP contribution in [-0.4, -0.2) is 23.1 Å². The summed E-state index contributed by atoms with van der Waals surface area (Å²) >= 11 is 9.40. The highest BCUT2D eigenvalue weighted by molar-refractivity contribution is 9.10. The van der Waals surface area contributed by atoms with Crippen LogP contribution >= 0.6 is 27.5 Å². The van der Waals surface area contributed by atoms with Crippen molar-refractivity contribution in [3.05, 3.63) is 93.2 Å². The Morgan fingerprint density at radius 2 is 1.96 bits per heavy atom. The normalized spacial score (nSPS) is 10.6. The van der Waals surface area contributed by atoms with Crippen molar-refractivity contribution in [2.45, 2.75) is 0 Å². The third-order valence-corrected chi connectivity index (χ3v) is 4.38. The van der Waals surface area contributed by atoms with E-state index in [4.69, 9.17) is 16.3 Å². The van der Waals surface area contributed by atoms with Crippen LogP contribution in [0.4, 0.5) is 0 Å². The van der Waals surface area contributed by atoms with Gasteiger partial charge in [-0.25, -0.2) is 10.2 Å². The number of nitrogens with one attached hydrogen (secondary N) is 1. The van der Waals surface area contributed by atoms with Crippen LogP contribution in [0.5, 0.6) is 5.75 Å². The number of aromatic nitrogens is 1. The number of ether oxygens (including phenoxy) is 1. The Kier molecular flexibility index (Phi) is 6.52. The minimum atomic E-state index is -0.595. The highest BCUT2D eigenvalue weighted by atomic mass is 79.9. The van der Waals surface area contributed by atoms with Gasteiger partial charge in [-0.05, 0) is 42.5 Å². The van der Waals surface area contributed by atoms with Gasteiger partial charge in [0.2, 0.25) is 0 Å². The molecular weight excluding hydrogens is 446 g/mol. The van der Waals surface area contributed by atoms with Crippen LogP contribution in [0.25, 0.3) is 0 Å². The lowest BCUT2D eigenvalue weighted by atomic mass is 10.2.